The van der Waals surface area contributed by atoms with Gasteiger partial charge in [-0.05, 0) is 19.9 Å². The van der Waals surface area contributed by atoms with Crippen LogP contribution in [0.5, 0.6) is 11.5 Å². The lowest BCUT2D eigenvalue weighted by molar-refractivity contribution is -0.0532. The number of carbonyl (C=O) groups is 1. The van der Waals surface area contributed by atoms with Gasteiger partial charge in [0.15, 0.2) is 17.2 Å². The molecule has 13 nitrogen and oxygen atoms in total. The Labute approximate surface area is 205 Å². The van der Waals surface area contributed by atoms with Crippen LogP contribution < -0.4 is 15.0 Å². The van der Waals surface area contributed by atoms with Crippen LogP contribution in [0.1, 0.15) is 25.1 Å². The lowest BCUT2D eigenvalue weighted by Crippen LogP contribution is -2.33. The zero-order valence-electron chi connectivity index (χ0n) is 20.1. The molecule has 0 saturated heterocycles. The van der Waals surface area contributed by atoms with Gasteiger partial charge in [0.2, 0.25) is 5.95 Å². The highest BCUT2D eigenvalue weighted by Gasteiger charge is 2.31. The van der Waals surface area contributed by atoms with Crippen molar-refractivity contribution in [3.8, 4) is 17.6 Å². The minimum absolute atomic E-state index is 0.177. The summed E-state index contributed by atoms with van der Waals surface area (Å²) < 4.78 is 15.4. The fourth-order valence-electron chi connectivity index (χ4n) is 4.03. The van der Waals surface area contributed by atoms with Gasteiger partial charge in [-0.15, -0.1) is 0 Å². The highest BCUT2D eigenvalue weighted by atomic mass is 16.5. The number of anilines is 3. The Morgan fingerprint density at radius 2 is 2.17 bits per heavy atom. The van der Waals surface area contributed by atoms with Gasteiger partial charge in [0.05, 0.1) is 25.0 Å². The standard InChI is InChI=1S/C23H23N9O4/c1-23(2)16-10-17(29-32(16)7-8-35-23)27-21-28-20-19(31(21)4)14(11-24)15(12-26-20)36-13-5-6-25-18(9-13)30(3)22(33)34/h5-6,9-10,12H,7-8H2,1-4H3,(H,33,34)(H,26,27,28,29). The number of nitrogens with one attached hydrogen (secondary N) is 1. The van der Waals surface area contributed by atoms with Gasteiger partial charge in [-0.1, -0.05) is 0 Å². The third-order valence-electron chi connectivity index (χ3n) is 5.95. The maximum Gasteiger partial charge on any atom is 0.412 e. The normalized spacial score (nSPS) is 14.2. The van der Waals surface area contributed by atoms with Crippen LogP contribution in [0.25, 0.3) is 11.2 Å². The molecule has 1 aliphatic heterocycles. The zero-order chi connectivity index (χ0) is 25.6. The van der Waals surface area contributed by atoms with Gasteiger partial charge in [-0.3, -0.25) is 9.58 Å². The second kappa shape index (κ2) is 8.51. The van der Waals surface area contributed by atoms with E-state index < -0.39 is 11.7 Å². The molecule has 4 aromatic heterocycles. The minimum Gasteiger partial charge on any atom is -0.465 e. The quantitative estimate of drug-likeness (QED) is 0.426. The van der Waals surface area contributed by atoms with Gasteiger partial charge in [-0.25, -0.2) is 14.8 Å². The molecule has 1 aliphatic rings. The van der Waals surface area contributed by atoms with E-state index in [0.717, 1.165) is 10.6 Å². The molecule has 36 heavy (non-hydrogen) atoms. The molecule has 1 amide bonds. The number of nitriles is 1. The van der Waals surface area contributed by atoms with E-state index >= 15 is 0 Å². The molecule has 0 bridgehead atoms. The fourth-order valence-corrected chi connectivity index (χ4v) is 4.03. The summed E-state index contributed by atoms with van der Waals surface area (Å²) in [4.78, 5) is 25.1. The lowest BCUT2D eigenvalue weighted by atomic mass is 10.0. The topological polar surface area (TPSA) is 156 Å². The van der Waals surface area contributed by atoms with Gasteiger partial charge < -0.3 is 24.5 Å². The monoisotopic (exact) mass is 489 g/mol. The van der Waals surface area contributed by atoms with Crippen molar-refractivity contribution in [2.75, 3.05) is 23.9 Å². The highest BCUT2D eigenvalue weighted by molar-refractivity contribution is 5.85. The van der Waals surface area contributed by atoms with Crippen molar-refractivity contribution >= 4 is 34.8 Å². The molecule has 0 radical (unpaired) electrons. The molecule has 5 heterocycles. The molecule has 0 spiro atoms. The van der Waals surface area contributed by atoms with E-state index in [0.29, 0.717) is 41.8 Å². The Balaban J connectivity index is 1.48. The Morgan fingerprint density at radius 1 is 1.36 bits per heavy atom. The van der Waals surface area contributed by atoms with Crippen LogP contribution in [-0.2, 0) is 23.9 Å². The van der Waals surface area contributed by atoms with Gasteiger partial charge in [0.25, 0.3) is 0 Å². The van der Waals surface area contributed by atoms with Crippen molar-refractivity contribution < 1.29 is 19.4 Å². The molecular weight excluding hydrogens is 466 g/mol. The van der Waals surface area contributed by atoms with Crippen LogP contribution in [0, 0.1) is 11.3 Å². The van der Waals surface area contributed by atoms with Gasteiger partial charge >= 0.3 is 6.09 Å². The number of nitrogens with zero attached hydrogens (tertiary/aromatic N) is 8. The Hall–Kier alpha value is -4.70. The maximum atomic E-state index is 11.2. The van der Waals surface area contributed by atoms with Crippen LogP contribution in [0.4, 0.5) is 22.4 Å². The van der Waals surface area contributed by atoms with Crippen molar-refractivity contribution in [1.29, 1.82) is 5.26 Å². The summed E-state index contributed by atoms with van der Waals surface area (Å²) in [7, 11) is 3.14. The van der Waals surface area contributed by atoms with E-state index in [-0.39, 0.29) is 17.1 Å². The summed E-state index contributed by atoms with van der Waals surface area (Å²) in [6, 6.07) is 7.11. The van der Waals surface area contributed by atoms with E-state index in [4.69, 9.17) is 9.47 Å². The number of carboxylic acid groups (broad SMARTS) is 1. The first-order valence-electron chi connectivity index (χ1n) is 11.0. The SMILES string of the molecule is CN(C(=O)O)c1cc(Oc2cnc3nc(Nc4cc5n(n4)CCOC5(C)C)n(C)c3c2C#N)ccn1. The number of amides is 1. The van der Waals surface area contributed by atoms with Crippen molar-refractivity contribution in [3.05, 3.63) is 41.9 Å². The summed E-state index contributed by atoms with van der Waals surface area (Å²) in [6.07, 6.45) is 1.67. The van der Waals surface area contributed by atoms with E-state index in [2.05, 4.69) is 31.4 Å². The van der Waals surface area contributed by atoms with Crippen LogP contribution in [0.15, 0.2) is 30.6 Å². The van der Waals surface area contributed by atoms with Gasteiger partial charge in [-0.2, -0.15) is 15.3 Å². The average molecular weight is 489 g/mol. The number of fused-ring (bicyclic) bond motifs is 2. The van der Waals surface area contributed by atoms with E-state index in [1.807, 2.05) is 24.6 Å². The molecule has 0 unspecified atom stereocenters. The molecular formula is C23H23N9O4. The molecule has 2 N–H and O–H groups in total. The van der Waals surface area contributed by atoms with Gasteiger partial charge in [0, 0.05) is 32.4 Å². The van der Waals surface area contributed by atoms with Crippen molar-refractivity contribution in [2.45, 2.75) is 26.0 Å². The second-order valence-corrected chi connectivity index (χ2v) is 8.69. The Kier molecular flexibility index (Phi) is 5.45. The molecule has 13 heteroatoms. The van der Waals surface area contributed by atoms with Crippen LogP contribution in [-0.4, -0.2) is 54.2 Å². The van der Waals surface area contributed by atoms with Crippen molar-refractivity contribution in [3.63, 3.8) is 0 Å². The lowest BCUT2D eigenvalue weighted by Gasteiger charge is -2.30. The largest absolute Gasteiger partial charge is 0.465 e. The molecule has 0 saturated carbocycles. The van der Waals surface area contributed by atoms with Crippen LogP contribution in [0.3, 0.4) is 0 Å². The third-order valence-corrected chi connectivity index (χ3v) is 5.95. The van der Waals surface area contributed by atoms with Crippen molar-refractivity contribution in [2.24, 2.45) is 7.05 Å². The van der Waals surface area contributed by atoms with Gasteiger partial charge in [0.1, 0.15) is 34.3 Å². The number of aromatic nitrogens is 6. The third kappa shape index (κ3) is 3.93. The van der Waals surface area contributed by atoms with Crippen LogP contribution >= 0.6 is 0 Å². The first kappa shape index (κ1) is 23.1. The fraction of sp³-hybridized carbons (Fsp3) is 0.304. The summed E-state index contributed by atoms with van der Waals surface area (Å²) >= 11 is 0. The molecule has 5 rings (SSSR count). The average Bonchev–Trinajstić information content (AvgIpc) is 3.40. The molecule has 184 valence electrons. The maximum absolute atomic E-state index is 11.2. The zero-order valence-corrected chi connectivity index (χ0v) is 20.1. The summed E-state index contributed by atoms with van der Waals surface area (Å²) in [5, 5.41) is 27.0. The van der Waals surface area contributed by atoms with E-state index in [1.165, 1.54) is 25.5 Å². The summed E-state index contributed by atoms with van der Waals surface area (Å²) in [6.45, 7) is 5.23. The summed E-state index contributed by atoms with van der Waals surface area (Å²) in [5.74, 6) is 1.74. The number of hydrogen-bond donors (Lipinski definition) is 2. The second-order valence-electron chi connectivity index (χ2n) is 8.69. The molecule has 0 fully saturated rings. The smallest absolute Gasteiger partial charge is 0.412 e. The first-order valence-corrected chi connectivity index (χ1v) is 11.0. The number of hydrogen-bond acceptors (Lipinski definition) is 9. The highest BCUT2D eigenvalue weighted by Crippen LogP contribution is 2.34. The van der Waals surface area contributed by atoms with E-state index in [1.54, 1.807) is 17.7 Å². The minimum atomic E-state index is -1.16. The number of imidazole rings is 1. The molecule has 0 aromatic carbocycles. The number of rotatable bonds is 5. The summed E-state index contributed by atoms with van der Waals surface area (Å²) in [5.41, 5.74) is 1.56. The van der Waals surface area contributed by atoms with Crippen molar-refractivity contribution in [1.82, 2.24) is 29.3 Å². The molecule has 0 aliphatic carbocycles. The predicted octanol–water partition coefficient (Wildman–Crippen LogP) is 3.35. The molecule has 0 atom stereocenters. The molecule has 4 aromatic rings. The number of aryl methyl sites for hydroxylation is 1. The van der Waals surface area contributed by atoms with E-state index in [9.17, 15) is 15.2 Å². The Morgan fingerprint density at radius 3 is 2.89 bits per heavy atom. The van der Waals surface area contributed by atoms with Crippen LogP contribution in [0.2, 0.25) is 0 Å². The Bertz CT molecular complexity index is 1530. The predicted molar refractivity (Wildman–Crippen MR) is 128 cm³/mol. The number of pyridine rings is 2. The first-order chi connectivity index (χ1) is 17.2. The number of ether oxygens (including phenoxy) is 2.